The van der Waals surface area contributed by atoms with Crippen molar-refractivity contribution in [2.75, 3.05) is 6.54 Å². The predicted octanol–water partition coefficient (Wildman–Crippen LogP) is 3.25. The summed E-state index contributed by atoms with van der Waals surface area (Å²) in [6, 6.07) is 4.54. The second kappa shape index (κ2) is 8.11. The summed E-state index contributed by atoms with van der Waals surface area (Å²) in [6.45, 7) is 8.58. The number of nitrogens with zero attached hydrogens (tertiary/aromatic N) is 3. The molecule has 2 aromatic rings. The first-order chi connectivity index (χ1) is 12.9. The Kier molecular flexibility index (Phi) is 5.82. The van der Waals surface area contributed by atoms with Crippen LogP contribution in [0.5, 0.6) is 0 Å². The van der Waals surface area contributed by atoms with Crippen LogP contribution in [-0.4, -0.2) is 44.7 Å². The van der Waals surface area contributed by atoms with E-state index >= 15 is 0 Å². The Labute approximate surface area is 161 Å². The van der Waals surface area contributed by atoms with Gasteiger partial charge in [0.1, 0.15) is 11.3 Å². The van der Waals surface area contributed by atoms with Crippen molar-refractivity contribution in [2.45, 2.75) is 71.9 Å². The summed E-state index contributed by atoms with van der Waals surface area (Å²) in [6.07, 6.45) is 6.34. The van der Waals surface area contributed by atoms with Crippen LogP contribution in [0.1, 0.15) is 67.7 Å². The van der Waals surface area contributed by atoms with E-state index in [0.717, 1.165) is 24.1 Å². The molecule has 2 aromatic heterocycles. The molecule has 146 valence electrons. The van der Waals surface area contributed by atoms with Crippen molar-refractivity contribution in [3.05, 3.63) is 35.3 Å². The Morgan fingerprint density at radius 2 is 1.93 bits per heavy atom. The molecule has 1 N–H and O–H groups in total. The fraction of sp³-hybridized carbons (Fsp3) is 0.571. The summed E-state index contributed by atoms with van der Waals surface area (Å²) in [5.74, 6) is 0.0586. The second-order valence-electron chi connectivity index (χ2n) is 7.72. The number of fused-ring (bicyclic) bond motifs is 1. The first-order valence-electron chi connectivity index (χ1n) is 9.93. The normalized spacial score (nSPS) is 20.1. The number of piperidine rings is 1. The van der Waals surface area contributed by atoms with Crippen LogP contribution in [0, 0.1) is 13.8 Å². The van der Waals surface area contributed by atoms with Crippen molar-refractivity contribution in [2.24, 2.45) is 0 Å². The van der Waals surface area contributed by atoms with E-state index in [9.17, 15) is 9.59 Å². The third kappa shape index (κ3) is 3.99. The number of pyridine rings is 1. The van der Waals surface area contributed by atoms with Gasteiger partial charge >= 0.3 is 0 Å². The molecule has 0 bridgehead atoms. The number of amides is 2. The van der Waals surface area contributed by atoms with Gasteiger partial charge in [-0.3, -0.25) is 14.0 Å². The lowest BCUT2D eigenvalue weighted by Crippen LogP contribution is -2.47. The summed E-state index contributed by atoms with van der Waals surface area (Å²) in [7, 11) is 0. The molecule has 3 heterocycles. The zero-order chi connectivity index (χ0) is 19.6. The maximum absolute atomic E-state index is 12.6. The molecule has 3 rings (SSSR count). The van der Waals surface area contributed by atoms with Crippen molar-refractivity contribution in [1.29, 1.82) is 0 Å². The third-order valence-electron chi connectivity index (χ3n) is 5.57. The molecule has 27 heavy (non-hydrogen) atoms. The highest BCUT2D eigenvalue weighted by molar-refractivity contribution is 5.94. The molecule has 1 saturated heterocycles. The molecule has 0 aliphatic carbocycles. The summed E-state index contributed by atoms with van der Waals surface area (Å²) >= 11 is 0. The first kappa shape index (κ1) is 19.4. The molecular formula is C21H30N4O2. The van der Waals surface area contributed by atoms with E-state index in [1.165, 1.54) is 6.42 Å². The van der Waals surface area contributed by atoms with Gasteiger partial charge in [0.25, 0.3) is 5.91 Å². The smallest absolute Gasteiger partial charge is 0.270 e. The molecule has 2 unspecified atom stereocenters. The molecular weight excluding hydrogens is 340 g/mol. The molecule has 0 saturated carbocycles. The van der Waals surface area contributed by atoms with Gasteiger partial charge in [0.15, 0.2) is 0 Å². The number of carbonyl (C=O) groups is 2. The van der Waals surface area contributed by atoms with Crippen LogP contribution in [0.3, 0.4) is 0 Å². The van der Waals surface area contributed by atoms with Crippen LogP contribution >= 0.6 is 0 Å². The number of hydrogen-bond donors (Lipinski definition) is 1. The predicted molar refractivity (Wildman–Crippen MR) is 106 cm³/mol. The molecule has 1 fully saturated rings. The number of aromatic nitrogens is 2. The van der Waals surface area contributed by atoms with Gasteiger partial charge in [-0.15, -0.1) is 0 Å². The highest BCUT2D eigenvalue weighted by atomic mass is 16.2. The summed E-state index contributed by atoms with van der Waals surface area (Å²) in [5.41, 5.74) is 3.13. The minimum absolute atomic E-state index is 0.141. The Balaban J connectivity index is 1.55. The van der Waals surface area contributed by atoms with Crippen molar-refractivity contribution in [3.8, 4) is 0 Å². The maximum atomic E-state index is 12.6. The van der Waals surface area contributed by atoms with Crippen LogP contribution < -0.4 is 5.32 Å². The number of hydrogen-bond acceptors (Lipinski definition) is 3. The second-order valence-corrected chi connectivity index (χ2v) is 7.72. The van der Waals surface area contributed by atoms with E-state index in [1.807, 2.05) is 41.5 Å². The number of rotatable bonds is 5. The van der Waals surface area contributed by atoms with Gasteiger partial charge in [0.05, 0.1) is 5.69 Å². The number of imidazole rings is 1. The van der Waals surface area contributed by atoms with Gasteiger partial charge in [-0.1, -0.05) is 6.07 Å². The van der Waals surface area contributed by atoms with Gasteiger partial charge in [-0.05, 0) is 65.0 Å². The Hall–Kier alpha value is -2.37. The molecule has 0 spiro atoms. The van der Waals surface area contributed by atoms with E-state index in [0.29, 0.717) is 42.9 Å². The minimum Gasteiger partial charge on any atom is -0.351 e. The lowest BCUT2D eigenvalue weighted by molar-refractivity contribution is -0.137. The molecule has 1 aliphatic rings. The quantitative estimate of drug-likeness (QED) is 0.822. The molecule has 1 aliphatic heterocycles. The van der Waals surface area contributed by atoms with Crippen LogP contribution in [0.25, 0.3) is 5.65 Å². The first-order valence-corrected chi connectivity index (χ1v) is 9.93. The highest BCUT2D eigenvalue weighted by Crippen LogP contribution is 2.23. The Bertz CT molecular complexity index is 832. The van der Waals surface area contributed by atoms with E-state index in [4.69, 9.17) is 0 Å². The number of nitrogens with one attached hydrogen (secondary N) is 1. The van der Waals surface area contributed by atoms with Crippen LogP contribution in [-0.2, 0) is 4.79 Å². The molecule has 2 atom stereocenters. The molecule has 2 amide bonds. The molecule has 0 radical (unpaired) electrons. The molecule has 6 heteroatoms. The van der Waals surface area contributed by atoms with Crippen LogP contribution in [0.2, 0.25) is 0 Å². The van der Waals surface area contributed by atoms with Gasteiger partial charge in [0.2, 0.25) is 5.91 Å². The third-order valence-corrected chi connectivity index (χ3v) is 5.57. The zero-order valence-electron chi connectivity index (χ0n) is 16.8. The molecule has 0 aromatic carbocycles. The number of carbonyl (C=O) groups excluding carboxylic acids is 2. The lowest BCUT2D eigenvalue weighted by Gasteiger charge is -2.39. The van der Waals surface area contributed by atoms with Gasteiger partial charge < -0.3 is 10.2 Å². The zero-order valence-corrected chi connectivity index (χ0v) is 16.8. The van der Waals surface area contributed by atoms with E-state index < -0.39 is 0 Å². The monoisotopic (exact) mass is 370 g/mol. The van der Waals surface area contributed by atoms with Gasteiger partial charge in [-0.2, -0.15) is 0 Å². The van der Waals surface area contributed by atoms with Crippen LogP contribution in [0.4, 0.5) is 0 Å². The topological polar surface area (TPSA) is 66.7 Å². The largest absolute Gasteiger partial charge is 0.351 e. The van der Waals surface area contributed by atoms with Crippen molar-refractivity contribution in [3.63, 3.8) is 0 Å². The summed E-state index contributed by atoms with van der Waals surface area (Å²) < 4.78 is 1.84. The van der Waals surface area contributed by atoms with Crippen molar-refractivity contribution >= 4 is 17.5 Å². The summed E-state index contributed by atoms with van der Waals surface area (Å²) in [5, 5.41) is 2.95. The van der Waals surface area contributed by atoms with E-state index in [1.54, 1.807) is 0 Å². The SMILES string of the molecule is Cc1nc2c(C)cccn2c1C(=O)NCCCC(=O)N1C(C)CCCC1C. The number of aryl methyl sites for hydroxylation is 2. The average Bonchev–Trinajstić information content (AvgIpc) is 2.96. The number of likely N-dealkylation sites (tertiary alicyclic amines) is 1. The average molecular weight is 370 g/mol. The standard InChI is InChI=1S/C21H30N4O2/c1-14-8-7-13-24-19(17(4)23-20(14)24)21(27)22-12-6-11-18(26)25-15(2)9-5-10-16(25)3/h7-8,13,15-16H,5-6,9-12H2,1-4H3,(H,22,27). The highest BCUT2D eigenvalue weighted by Gasteiger charge is 2.28. The summed E-state index contributed by atoms with van der Waals surface area (Å²) in [4.78, 5) is 31.7. The molecule has 6 nitrogen and oxygen atoms in total. The van der Waals surface area contributed by atoms with Gasteiger partial charge in [0, 0.05) is 31.2 Å². The van der Waals surface area contributed by atoms with Crippen molar-refractivity contribution in [1.82, 2.24) is 19.6 Å². The maximum Gasteiger partial charge on any atom is 0.270 e. The Morgan fingerprint density at radius 3 is 2.63 bits per heavy atom. The fourth-order valence-electron chi connectivity index (χ4n) is 4.16. The Morgan fingerprint density at radius 1 is 1.22 bits per heavy atom. The lowest BCUT2D eigenvalue weighted by atomic mass is 9.97. The van der Waals surface area contributed by atoms with E-state index in [2.05, 4.69) is 24.1 Å². The van der Waals surface area contributed by atoms with Crippen molar-refractivity contribution < 1.29 is 9.59 Å². The fourth-order valence-corrected chi connectivity index (χ4v) is 4.16. The van der Waals surface area contributed by atoms with Gasteiger partial charge in [-0.25, -0.2) is 4.98 Å². The van der Waals surface area contributed by atoms with E-state index in [-0.39, 0.29) is 11.8 Å². The minimum atomic E-state index is -0.141. The van der Waals surface area contributed by atoms with Crippen LogP contribution in [0.15, 0.2) is 18.3 Å².